The zero-order chi connectivity index (χ0) is 103. The number of hydrogen-bond acceptors (Lipinski definition) is 42. The van der Waals surface area contributed by atoms with Crippen molar-refractivity contribution in [2.45, 2.75) is 382 Å². The predicted molar refractivity (Wildman–Crippen MR) is 481 cm³/mol. The molecule has 0 saturated carbocycles. The van der Waals surface area contributed by atoms with Gasteiger partial charge in [0.05, 0.1) is 110 Å². The fourth-order valence-corrected chi connectivity index (χ4v) is 16.9. The number of esters is 4. The van der Waals surface area contributed by atoms with Crippen molar-refractivity contribution in [1.82, 2.24) is 41.6 Å². The van der Waals surface area contributed by atoms with E-state index in [1.54, 1.807) is 58.0 Å². The highest BCUT2D eigenvalue weighted by molar-refractivity contribution is 7.48. The number of carbonyl (C=O) groups excluding carboxylic acids is 9. The Morgan fingerprint density at radius 3 is 1.61 bits per heavy atom. The number of aliphatic hydroxyl groups excluding tert-OH is 10. The number of aromatic nitrogens is 3. The molecule has 140 heavy (non-hydrogen) atoms. The summed E-state index contributed by atoms with van der Waals surface area (Å²) in [6, 6.07) is 3.51. The number of nitrogens with zero attached hydrogens (tertiary/aromatic N) is 3. The lowest BCUT2D eigenvalue weighted by atomic mass is 9.88. The fourth-order valence-electron chi connectivity index (χ4n) is 15.4. The minimum absolute atomic E-state index is 0.000395. The molecule has 5 saturated heterocycles. The van der Waals surface area contributed by atoms with Crippen molar-refractivity contribution < 1.29 is 198 Å². The molecule has 6 heterocycles. The number of unbranched alkanes of at least 4 members (excludes halogenated alkanes) is 4. The van der Waals surface area contributed by atoms with Gasteiger partial charge < -0.3 is 159 Å². The SMILES string of the molecule is CCCCOCC1O[C@@H](OCC2O[C@@H](OCCNC(=O)CCC(=O)NCc3cn(CCO[C@@H]4OC(CO)[C@@H](O[C@@H]5OC(CO)[C@H](O)C(O[C@]6(C(=O)O)C[C@@H](O)[C@@H](NC(=O)Cc7ccccc7)C([C@H](O)[C@H](O)CO)O6)[C@@H]5O)C(O)[C@@H]4O)nn3)[C@@H](NC(=O)C[C@@H](CC)OC(=O)CC)C(OC(=O)CC)[C@@H]2OCCCC)[C@@H](NC(=O)C[C@@H](CC)OC(=O)CC)C(OC(=O)CC)[C@@H]1OP(=O)(OCCCC)OCCCC. The van der Waals surface area contributed by atoms with Crippen LogP contribution in [0.4, 0.5) is 0 Å². The molecule has 5 amide bonds. The molecule has 5 fully saturated rings. The summed E-state index contributed by atoms with van der Waals surface area (Å²) in [4.78, 5) is 135. The van der Waals surface area contributed by atoms with E-state index in [1.807, 2.05) is 27.7 Å². The molecule has 0 aliphatic carbocycles. The topological polar surface area (TPSA) is 677 Å². The Hall–Kier alpha value is -7.71. The minimum atomic E-state index is -4.61. The van der Waals surface area contributed by atoms with E-state index < -0.39 is 278 Å². The van der Waals surface area contributed by atoms with E-state index in [-0.39, 0.29) is 136 Å². The molecule has 5 aliphatic heterocycles. The Morgan fingerprint density at radius 2 is 1.06 bits per heavy atom. The molecule has 1 aromatic carbocycles. The standard InChI is InChI=1S/C90H147N8O41P/c1-11-21-34-121-49-59-80(139-140(120,126-36-23-13-3)127-37-24-14-4)83(135-69(112)20-10)72(95-65(108)42-54(16-6)129-67(110)18-8)86(132-59)125-50-60-79(122-35-22-12-2)82(134-68(111)19-9)71(94-64(107)41-53(15-5)128-66(109)17-7)85(133-60)123-38-32-91-61(104)30-31-62(105)92-44-52-45-98(97-96-52)33-39-124-87-76(116)75(115)78(58(48-101)131-87)136-88-77(117)84(74(114)57(47-100)130-88)138-90(89(118)119)43-55(102)70(81(137-90)73(113)56(103)46-99)93-63(106)40-51-28-26-25-27-29-51/h25-29,45,53-60,70-88,99-103,113-117H,11-24,30-44,46-50H2,1-10H3,(H,91,104)(H,92,105)(H,93,106)(H,94,107)(H,95,108)(H,118,119)/t53-,54-,55-,56-,57?,58?,59?,60?,70-,71+,72+,73-,74+,75?,76+,77+,78-,79-,80-,81?,82?,83?,84?,85-,86-,87-,88+,90+/m1/s1. The van der Waals surface area contributed by atoms with E-state index >= 15 is 0 Å². The van der Waals surface area contributed by atoms with Crippen molar-refractivity contribution in [2.24, 2.45) is 0 Å². The average Bonchev–Trinajstić information content (AvgIpc) is 0.802. The zero-order valence-corrected chi connectivity index (χ0v) is 81.9. The van der Waals surface area contributed by atoms with Crippen molar-refractivity contribution in [3.8, 4) is 0 Å². The van der Waals surface area contributed by atoms with Gasteiger partial charge in [-0.3, -0.25) is 56.7 Å². The van der Waals surface area contributed by atoms with E-state index in [9.17, 15) is 109 Å². The Labute approximate surface area is 812 Å². The number of carboxylic acids is 1. The van der Waals surface area contributed by atoms with Crippen molar-refractivity contribution >= 4 is 67.2 Å². The smallest absolute Gasteiger partial charge is 0.475 e. The van der Waals surface area contributed by atoms with Crippen molar-refractivity contribution in [2.75, 3.05) is 79.2 Å². The molecule has 49 nitrogen and oxygen atoms in total. The minimum Gasteiger partial charge on any atom is -0.477 e. The Bertz CT molecular complexity index is 4100. The molecule has 1 aromatic heterocycles. The number of rotatable bonds is 64. The summed E-state index contributed by atoms with van der Waals surface area (Å²) >= 11 is 0. The number of aliphatic hydroxyl groups is 10. The first kappa shape index (κ1) is 119. The molecule has 16 N–H and O–H groups in total. The molecule has 0 radical (unpaired) electrons. The largest absolute Gasteiger partial charge is 0.477 e. The number of carbonyl (C=O) groups is 10. The fraction of sp³-hybridized carbons (Fsp3) is 0.800. The van der Waals surface area contributed by atoms with Gasteiger partial charge in [0.2, 0.25) is 29.5 Å². The summed E-state index contributed by atoms with van der Waals surface area (Å²) < 4.78 is 132. The van der Waals surface area contributed by atoms with Crippen LogP contribution in [0.5, 0.6) is 0 Å². The molecule has 0 spiro atoms. The summed E-state index contributed by atoms with van der Waals surface area (Å²) in [7, 11) is -4.61. The molecule has 2 aromatic rings. The third kappa shape index (κ3) is 36.5. The van der Waals surface area contributed by atoms with Gasteiger partial charge in [-0.2, -0.15) is 0 Å². The first-order chi connectivity index (χ1) is 67.1. The maximum atomic E-state index is 15.0. The molecular weight excluding hydrogens is 1880 g/mol. The van der Waals surface area contributed by atoms with Crippen molar-refractivity contribution in [3.05, 3.63) is 47.8 Å². The molecule has 9 unspecified atom stereocenters. The first-order valence-corrected chi connectivity index (χ1v) is 49.7. The molecule has 28 atom stereocenters. The van der Waals surface area contributed by atoms with Gasteiger partial charge in [0, 0.05) is 64.7 Å². The van der Waals surface area contributed by atoms with Crippen molar-refractivity contribution in [1.29, 1.82) is 0 Å². The Balaban J connectivity index is 1.02. The summed E-state index contributed by atoms with van der Waals surface area (Å²) in [5.41, 5.74) is 0.731. The number of ether oxygens (including phenoxy) is 16. The third-order valence-electron chi connectivity index (χ3n) is 23.4. The van der Waals surface area contributed by atoms with Crippen LogP contribution in [-0.2, 0) is 161 Å². The molecule has 798 valence electrons. The number of hydrogen-bond donors (Lipinski definition) is 16. The highest BCUT2D eigenvalue weighted by Crippen LogP contribution is 2.53. The zero-order valence-electron chi connectivity index (χ0n) is 81.0. The number of amides is 5. The summed E-state index contributed by atoms with van der Waals surface area (Å²) in [5.74, 6) is -11.4. The van der Waals surface area contributed by atoms with Gasteiger partial charge in [0.1, 0.15) is 122 Å². The van der Waals surface area contributed by atoms with Crippen LogP contribution in [0.1, 0.15) is 202 Å². The second-order valence-electron chi connectivity index (χ2n) is 34.2. The molecule has 5 aliphatic rings. The van der Waals surface area contributed by atoms with Gasteiger partial charge in [0.25, 0.3) is 5.79 Å². The van der Waals surface area contributed by atoms with Crippen LogP contribution >= 0.6 is 7.82 Å². The van der Waals surface area contributed by atoms with Crippen LogP contribution < -0.4 is 26.6 Å². The summed E-state index contributed by atoms with van der Waals surface area (Å²) in [6.45, 7) is 12.0. The van der Waals surface area contributed by atoms with Crippen LogP contribution in [0.2, 0.25) is 0 Å². The van der Waals surface area contributed by atoms with Gasteiger partial charge >= 0.3 is 37.7 Å². The van der Waals surface area contributed by atoms with E-state index in [4.69, 9.17) is 89.4 Å². The van der Waals surface area contributed by atoms with Gasteiger partial charge in [0.15, 0.2) is 37.4 Å². The number of phosphoric acid groups is 1. The first-order valence-electron chi connectivity index (χ1n) is 48.3. The van der Waals surface area contributed by atoms with Crippen LogP contribution in [0.25, 0.3) is 0 Å². The number of carboxylic acid groups (broad SMARTS) is 1. The highest BCUT2D eigenvalue weighted by Gasteiger charge is 2.62. The lowest BCUT2D eigenvalue weighted by molar-refractivity contribution is -0.386. The van der Waals surface area contributed by atoms with Crippen LogP contribution in [0.15, 0.2) is 36.5 Å². The highest BCUT2D eigenvalue weighted by atomic mass is 31.2. The number of nitrogens with one attached hydrogen (secondary N) is 5. The van der Waals surface area contributed by atoms with E-state index in [0.717, 1.165) is 0 Å². The molecule has 7 rings (SSSR count). The van der Waals surface area contributed by atoms with Crippen LogP contribution in [0.3, 0.4) is 0 Å². The third-order valence-corrected chi connectivity index (χ3v) is 24.9. The van der Waals surface area contributed by atoms with Gasteiger partial charge in [-0.25, -0.2) is 14.0 Å². The van der Waals surface area contributed by atoms with Crippen molar-refractivity contribution in [3.63, 3.8) is 0 Å². The predicted octanol–water partition coefficient (Wildman–Crippen LogP) is -0.703. The summed E-state index contributed by atoms with van der Waals surface area (Å²) in [6.07, 6.45) is -39.3. The van der Waals surface area contributed by atoms with E-state index in [1.165, 1.54) is 24.7 Å². The quantitative estimate of drug-likeness (QED) is 0.0168. The Kier molecular flexibility index (Phi) is 52.4. The second-order valence-corrected chi connectivity index (χ2v) is 35.9. The number of phosphoric ester groups is 1. The van der Waals surface area contributed by atoms with Gasteiger partial charge in [-0.1, -0.05) is 130 Å². The monoisotopic (exact) mass is 2030 g/mol. The van der Waals surface area contributed by atoms with Gasteiger partial charge in [-0.15, -0.1) is 5.10 Å². The van der Waals surface area contributed by atoms with Gasteiger partial charge in [-0.05, 0) is 44.1 Å². The maximum Gasteiger partial charge on any atom is 0.475 e. The lowest BCUT2D eigenvalue weighted by Crippen LogP contribution is -2.71. The normalized spacial score (nSPS) is 29.0. The maximum absolute atomic E-state index is 15.0. The number of aliphatic carboxylic acids is 1. The van der Waals surface area contributed by atoms with Crippen LogP contribution in [0, 0.1) is 0 Å². The number of benzene rings is 1. The van der Waals surface area contributed by atoms with E-state index in [2.05, 4.69) is 36.9 Å². The molecular formula is C90H147N8O41P. The van der Waals surface area contributed by atoms with Crippen LogP contribution in [-0.4, -0.2) is 381 Å². The van der Waals surface area contributed by atoms with E-state index in [0.29, 0.717) is 56.9 Å². The average molecular weight is 2030 g/mol. The molecule has 0 bridgehead atoms. The Morgan fingerprint density at radius 1 is 0.529 bits per heavy atom. The second kappa shape index (κ2) is 61.5. The summed E-state index contributed by atoms with van der Waals surface area (Å²) in [5, 5.41) is 142. The molecule has 50 heteroatoms. The lowest BCUT2D eigenvalue weighted by Gasteiger charge is -2.50.